The Morgan fingerprint density at radius 2 is 1.77 bits per heavy atom. The number of carboxylic acids is 1. The van der Waals surface area contributed by atoms with E-state index in [9.17, 15) is 14.7 Å². The van der Waals surface area contributed by atoms with Crippen LogP contribution < -0.4 is 0 Å². The fourth-order valence-corrected chi connectivity index (χ4v) is 7.04. The maximum atomic E-state index is 12.4. The summed E-state index contributed by atoms with van der Waals surface area (Å²) in [6.45, 7) is 13.2. The number of carboxylic acid groups (broad SMARTS) is 1. The molecule has 2 N–H and O–H groups in total. The van der Waals surface area contributed by atoms with Crippen LogP contribution in [-0.2, 0) is 14.4 Å². The Bertz CT molecular complexity index is 876. The van der Waals surface area contributed by atoms with Crippen molar-refractivity contribution in [2.24, 2.45) is 28.6 Å². The molecule has 0 aromatic rings. The average molecular weight is 415 g/mol. The van der Waals surface area contributed by atoms with Crippen molar-refractivity contribution in [1.82, 2.24) is 0 Å². The average Bonchev–Trinajstić information content (AvgIpc) is 2.85. The molecule has 5 nitrogen and oxygen atoms in total. The molecule has 0 aliphatic heterocycles. The Hall–Kier alpha value is -2.01. The Kier molecular flexibility index (Phi) is 5.51. The first-order valence-electron chi connectivity index (χ1n) is 10.8. The van der Waals surface area contributed by atoms with Crippen LogP contribution in [0.4, 0.5) is 0 Å². The second-order valence-corrected chi connectivity index (χ2v) is 10.1. The summed E-state index contributed by atoms with van der Waals surface area (Å²) in [4.78, 5) is 33.4. The molecule has 5 heteroatoms. The lowest BCUT2D eigenvalue weighted by Crippen LogP contribution is -2.57. The number of hydrogen-bond donors (Lipinski definition) is 2. The zero-order valence-corrected chi connectivity index (χ0v) is 18.7. The number of rotatable bonds is 1. The van der Waals surface area contributed by atoms with E-state index in [1.165, 1.54) is 18.1 Å². The number of hydrogen-bond acceptors (Lipinski definition) is 4. The van der Waals surface area contributed by atoms with E-state index in [1.54, 1.807) is 0 Å². The van der Waals surface area contributed by atoms with Crippen LogP contribution in [-0.4, -0.2) is 33.3 Å². The molecule has 2 saturated carbocycles. The Balaban J connectivity index is 0.000000589. The lowest BCUT2D eigenvalue weighted by Gasteiger charge is -2.57. The van der Waals surface area contributed by atoms with Gasteiger partial charge in [0.05, 0.1) is 0 Å². The van der Waals surface area contributed by atoms with Crippen LogP contribution in [0.5, 0.6) is 0 Å². The highest BCUT2D eigenvalue weighted by Crippen LogP contribution is 2.67. The van der Waals surface area contributed by atoms with Gasteiger partial charge in [-0.25, -0.2) is 0 Å². The van der Waals surface area contributed by atoms with E-state index in [0.29, 0.717) is 30.3 Å². The van der Waals surface area contributed by atoms with E-state index < -0.39 is 17.0 Å². The number of fused-ring (bicyclic) bond motifs is 5. The van der Waals surface area contributed by atoms with Crippen LogP contribution in [0.25, 0.3) is 0 Å². The Morgan fingerprint density at radius 1 is 1.17 bits per heavy atom. The lowest BCUT2D eigenvalue weighted by molar-refractivity contribution is -0.151. The smallest absolute Gasteiger partial charge is 0.300 e. The van der Waals surface area contributed by atoms with Crippen molar-refractivity contribution in [2.45, 2.75) is 72.3 Å². The normalized spacial score (nSPS) is 42.0. The van der Waals surface area contributed by atoms with E-state index in [2.05, 4.69) is 33.4 Å². The van der Waals surface area contributed by atoms with Crippen molar-refractivity contribution in [2.75, 3.05) is 0 Å². The lowest BCUT2D eigenvalue weighted by atomic mass is 9.47. The van der Waals surface area contributed by atoms with Gasteiger partial charge in [-0.15, -0.1) is 0 Å². The summed E-state index contributed by atoms with van der Waals surface area (Å²) < 4.78 is 0. The molecule has 0 saturated heterocycles. The quantitative estimate of drug-likeness (QED) is 0.626. The number of allylic oxidation sites excluding steroid dienone is 4. The Morgan fingerprint density at radius 3 is 2.33 bits per heavy atom. The molecule has 0 aromatic heterocycles. The number of Topliss-reactive ketones (excluding diaryl/α,β-unsaturated/α-hetero) is 1. The van der Waals surface area contributed by atoms with Crippen molar-refractivity contribution in [1.29, 1.82) is 0 Å². The number of carbonyl (C=O) groups excluding carboxylic acids is 2. The number of carbonyl (C=O) groups is 3. The van der Waals surface area contributed by atoms with E-state index in [0.717, 1.165) is 26.2 Å². The molecule has 2 fully saturated rings. The summed E-state index contributed by atoms with van der Waals surface area (Å²) in [6, 6.07) is 0. The predicted molar refractivity (Wildman–Crippen MR) is 115 cm³/mol. The van der Waals surface area contributed by atoms with Gasteiger partial charge in [0, 0.05) is 18.8 Å². The van der Waals surface area contributed by atoms with Crippen LogP contribution in [0.1, 0.15) is 66.7 Å². The second-order valence-electron chi connectivity index (χ2n) is 10.1. The van der Waals surface area contributed by atoms with Gasteiger partial charge in [-0.2, -0.15) is 0 Å². The minimum Gasteiger partial charge on any atom is -0.481 e. The highest BCUT2D eigenvalue weighted by Gasteiger charge is 2.66. The van der Waals surface area contributed by atoms with Gasteiger partial charge in [-0.05, 0) is 79.9 Å². The van der Waals surface area contributed by atoms with Gasteiger partial charge >= 0.3 is 0 Å². The first-order chi connectivity index (χ1) is 13.8. The van der Waals surface area contributed by atoms with Crippen LogP contribution >= 0.6 is 0 Å². The third-order valence-electron chi connectivity index (χ3n) is 8.53. The van der Waals surface area contributed by atoms with Gasteiger partial charge < -0.3 is 10.2 Å². The van der Waals surface area contributed by atoms with Gasteiger partial charge in [0.2, 0.25) is 0 Å². The van der Waals surface area contributed by atoms with Crippen molar-refractivity contribution < 1.29 is 24.6 Å². The summed E-state index contributed by atoms with van der Waals surface area (Å²) in [5.74, 6) is 0.260. The summed E-state index contributed by atoms with van der Waals surface area (Å²) in [6.07, 6.45) is 8.26. The van der Waals surface area contributed by atoms with Crippen molar-refractivity contribution in [3.63, 3.8) is 0 Å². The SMILES string of the molecule is C=C1C[C@H]2[C@@H]3C=C(C)C4=CC(=O)CC[C@]4(C)[C@H]3CC[C@]2(C)[C@@]1(O)C(C)=O.CC(=O)O. The highest BCUT2D eigenvalue weighted by molar-refractivity contribution is 5.93. The summed E-state index contributed by atoms with van der Waals surface area (Å²) in [5, 5.41) is 18.8. The minimum absolute atomic E-state index is 0.0248. The molecule has 0 amide bonds. The molecule has 4 aliphatic carbocycles. The highest BCUT2D eigenvalue weighted by atomic mass is 16.4. The van der Waals surface area contributed by atoms with E-state index in [-0.39, 0.29) is 22.9 Å². The van der Waals surface area contributed by atoms with Crippen molar-refractivity contribution in [3.05, 3.63) is 35.5 Å². The fourth-order valence-electron chi connectivity index (χ4n) is 7.04. The summed E-state index contributed by atoms with van der Waals surface area (Å²) >= 11 is 0. The molecule has 0 heterocycles. The first-order valence-corrected chi connectivity index (χ1v) is 10.8. The van der Waals surface area contributed by atoms with Gasteiger partial charge in [0.15, 0.2) is 11.6 Å². The first kappa shape index (κ1) is 22.7. The maximum Gasteiger partial charge on any atom is 0.300 e. The van der Waals surface area contributed by atoms with Crippen LogP contribution in [0, 0.1) is 28.6 Å². The predicted octanol–water partition coefficient (Wildman–Crippen LogP) is 4.26. The molecule has 0 spiro atoms. The van der Waals surface area contributed by atoms with E-state index >= 15 is 0 Å². The second kappa shape index (κ2) is 7.30. The Labute approximate surface area is 178 Å². The third-order valence-corrected chi connectivity index (χ3v) is 8.53. The fraction of sp³-hybridized carbons (Fsp3) is 0.640. The van der Waals surface area contributed by atoms with Crippen LogP contribution in [0.3, 0.4) is 0 Å². The van der Waals surface area contributed by atoms with Gasteiger partial charge in [0.1, 0.15) is 5.60 Å². The number of aliphatic carboxylic acids is 1. The molecule has 4 rings (SSSR count). The summed E-state index contributed by atoms with van der Waals surface area (Å²) in [5.41, 5.74) is 1.29. The zero-order chi connectivity index (χ0) is 22.6. The summed E-state index contributed by atoms with van der Waals surface area (Å²) in [7, 11) is 0. The number of aliphatic hydroxyl groups is 1. The molecule has 4 aliphatic rings. The zero-order valence-electron chi connectivity index (χ0n) is 18.7. The van der Waals surface area contributed by atoms with Gasteiger partial charge in [-0.3, -0.25) is 14.4 Å². The topological polar surface area (TPSA) is 91.7 Å². The monoisotopic (exact) mass is 414 g/mol. The molecule has 0 unspecified atom stereocenters. The van der Waals surface area contributed by atoms with E-state index in [1.807, 2.05) is 6.08 Å². The molecular formula is C25H34O5. The van der Waals surface area contributed by atoms with Gasteiger partial charge in [-0.1, -0.05) is 32.1 Å². The minimum atomic E-state index is -1.40. The maximum absolute atomic E-state index is 12.4. The molecule has 0 bridgehead atoms. The molecular weight excluding hydrogens is 380 g/mol. The molecule has 0 radical (unpaired) electrons. The van der Waals surface area contributed by atoms with Crippen molar-refractivity contribution >= 4 is 17.5 Å². The standard InChI is InChI=1S/C23H30O3.C2H4O2/c1-13-10-17-18(21(4)8-6-16(25)12-19(13)21)7-9-22(5)20(17)11-14(2)23(22,26)15(3)24;1-2(3)4/h10,12,17-18,20,26H,2,6-9,11H2,1,3-5H3;1H3,(H,3,4)/t17-,18+,20+,21-,22+,23+;/m1./s1. The van der Waals surface area contributed by atoms with E-state index in [4.69, 9.17) is 9.90 Å². The molecule has 0 aromatic carbocycles. The molecule has 164 valence electrons. The van der Waals surface area contributed by atoms with Crippen LogP contribution in [0.15, 0.2) is 35.5 Å². The third kappa shape index (κ3) is 3.05. The largest absolute Gasteiger partial charge is 0.481 e. The molecule has 30 heavy (non-hydrogen) atoms. The molecule has 6 atom stereocenters. The number of ketones is 2. The van der Waals surface area contributed by atoms with Gasteiger partial charge in [0.25, 0.3) is 5.97 Å². The van der Waals surface area contributed by atoms with Crippen molar-refractivity contribution in [3.8, 4) is 0 Å². The van der Waals surface area contributed by atoms with Crippen LogP contribution in [0.2, 0.25) is 0 Å².